The zero-order chi connectivity index (χ0) is 27.4. The van der Waals surface area contributed by atoms with E-state index in [0.717, 1.165) is 75.3 Å². The molecule has 4 heterocycles. The van der Waals surface area contributed by atoms with E-state index >= 15 is 0 Å². The fourth-order valence-electron chi connectivity index (χ4n) is 5.81. The fourth-order valence-corrected chi connectivity index (χ4v) is 6.10. The maximum Gasteiger partial charge on any atom is 0.232 e. The second-order valence-electron chi connectivity index (χ2n) is 10.7. The molecule has 3 aliphatic heterocycles. The number of nitrogens with one attached hydrogen (secondary N) is 2. The summed E-state index contributed by atoms with van der Waals surface area (Å²) in [7, 11) is 0. The van der Waals surface area contributed by atoms with E-state index in [9.17, 15) is 0 Å². The predicted octanol–water partition coefficient (Wildman–Crippen LogP) is 4.56. The SMILES string of the molecule is S=C(NCC1(c2ccc(Cl)cc2)CCOCC1)Nc1nc(N2CCOCC2)cc(N2CCc3ccccc3C2)n1. The van der Waals surface area contributed by atoms with Crippen LogP contribution in [0.25, 0.3) is 0 Å². The summed E-state index contributed by atoms with van der Waals surface area (Å²) in [6.07, 6.45) is 2.81. The number of thiocarbonyl (C=S) groups is 1. The Hall–Kier alpha value is -2.98. The van der Waals surface area contributed by atoms with Gasteiger partial charge in [-0.1, -0.05) is 48.0 Å². The molecule has 10 heteroatoms. The lowest BCUT2D eigenvalue weighted by atomic mass is 9.74. The van der Waals surface area contributed by atoms with Gasteiger partial charge in [-0.3, -0.25) is 0 Å². The van der Waals surface area contributed by atoms with Crippen molar-refractivity contribution in [3.63, 3.8) is 0 Å². The topological polar surface area (TPSA) is 74.8 Å². The van der Waals surface area contributed by atoms with Crippen molar-refractivity contribution < 1.29 is 9.47 Å². The van der Waals surface area contributed by atoms with Gasteiger partial charge in [-0.15, -0.1) is 0 Å². The zero-order valence-corrected chi connectivity index (χ0v) is 24.1. The number of aromatic nitrogens is 2. The Morgan fingerprint density at radius 1 is 0.875 bits per heavy atom. The van der Waals surface area contributed by atoms with Crippen LogP contribution in [0.15, 0.2) is 54.6 Å². The third-order valence-corrected chi connectivity index (χ3v) is 8.71. The van der Waals surface area contributed by atoms with Crippen LogP contribution in [0.5, 0.6) is 0 Å². The number of rotatable bonds is 6. The van der Waals surface area contributed by atoms with Gasteiger partial charge < -0.3 is 29.9 Å². The van der Waals surface area contributed by atoms with Crippen LogP contribution in [0.2, 0.25) is 5.02 Å². The van der Waals surface area contributed by atoms with Crippen LogP contribution in [0.3, 0.4) is 0 Å². The Morgan fingerprint density at radius 2 is 1.55 bits per heavy atom. The number of hydrogen-bond acceptors (Lipinski definition) is 7. The molecule has 8 nitrogen and oxygen atoms in total. The van der Waals surface area contributed by atoms with Crippen LogP contribution in [0.4, 0.5) is 17.6 Å². The van der Waals surface area contributed by atoms with Gasteiger partial charge in [0.05, 0.1) is 13.2 Å². The number of anilines is 3. The minimum absolute atomic E-state index is 0.0859. The molecule has 0 amide bonds. The lowest BCUT2D eigenvalue weighted by molar-refractivity contribution is 0.0515. The van der Waals surface area contributed by atoms with Crippen LogP contribution in [-0.4, -0.2) is 67.7 Å². The zero-order valence-electron chi connectivity index (χ0n) is 22.6. The van der Waals surface area contributed by atoms with Gasteiger partial charge in [0, 0.05) is 62.4 Å². The molecule has 2 aromatic carbocycles. The minimum atomic E-state index is -0.0859. The summed E-state index contributed by atoms with van der Waals surface area (Å²) in [5, 5.41) is 8.01. The van der Waals surface area contributed by atoms with E-state index in [1.165, 1.54) is 16.7 Å². The Balaban J connectivity index is 1.20. The van der Waals surface area contributed by atoms with Crippen molar-refractivity contribution in [1.29, 1.82) is 0 Å². The maximum absolute atomic E-state index is 6.18. The summed E-state index contributed by atoms with van der Waals surface area (Å²) < 4.78 is 11.3. The molecular weight excluding hydrogens is 544 g/mol. The molecule has 0 atom stereocenters. The molecule has 0 saturated carbocycles. The molecule has 6 rings (SSSR count). The Morgan fingerprint density at radius 3 is 2.30 bits per heavy atom. The van der Waals surface area contributed by atoms with Gasteiger partial charge in [-0.2, -0.15) is 9.97 Å². The molecule has 40 heavy (non-hydrogen) atoms. The summed E-state index contributed by atoms with van der Waals surface area (Å²) in [6.45, 7) is 6.83. The fraction of sp³-hybridized carbons (Fsp3) is 0.433. The summed E-state index contributed by atoms with van der Waals surface area (Å²) in [6, 6.07) is 18.9. The van der Waals surface area contributed by atoms with E-state index in [1.807, 2.05) is 12.1 Å². The van der Waals surface area contributed by atoms with Gasteiger partial charge in [0.15, 0.2) is 5.11 Å². The molecule has 3 aromatic rings. The van der Waals surface area contributed by atoms with Gasteiger partial charge in [0.25, 0.3) is 0 Å². The largest absolute Gasteiger partial charge is 0.381 e. The highest BCUT2D eigenvalue weighted by Gasteiger charge is 2.34. The van der Waals surface area contributed by atoms with Gasteiger partial charge in [-0.25, -0.2) is 0 Å². The molecule has 2 N–H and O–H groups in total. The third kappa shape index (κ3) is 6.17. The van der Waals surface area contributed by atoms with E-state index in [2.05, 4.69) is 62.9 Å². The van der Waals surface area contributed by atoms with Crippen LogP contribution >= 0.6 is 23.8 Å². The predicted molar refractivity (Wildman–Crippen MR) is 164 cm³/mol. The molecule has 0 radical (unpaired) electrons. The normalized spacial score (nSPS) is 18.6. The van der Waals surface area contributed by atoms with E-state index < -0.39 is 0 Å². The summed E-state index contributed by atoms with van der Waals surface area (Å²) in [5.41, 5.74) is 3.91. The van der Waals surface area contributed by atoms with Gasteiger partial charge in [0.2, 0.25) is 5.95 Å². The summed E-state index contributed by atoms with van der Waals surface area (Å²) in [4.78, 5) is 14.4. The quantitative estimate of drug-likeness (QED) is 0.409. The first-order valence-electron chi connectivity index (χ1n) is 14.0. The Bertz CT molecular complexity index is 1330. The van der Waals surface area contributed by atoms with Gasteiger partial charge >= 0.3 is 0 Å². The van der Waals surface area contributed by atoms with Crippen LogP contribution in [-0.2, 0) is 27.9 Å². The molecule has 0 unspecified atom stereocenters. The van der Waals surface area contributed by atoms with Crippen LogP contribution in [0, 0.1) is 0 Å². The molecule has 2 saturated heterocycles. The molecular formula is C30H35ClN6O2S. The molecule has 210 valence electrons. The van der Waals surface area contributed by atoms with Gasteiger partial charge in [-0.05, 0) is 60.3 Å². The van der Waals surface area contributed by atoms with Gasteiger partial charge in [0.1, 0.15) is 11.6 Å². The highest BCUT2D eigenvalue weighted by Crippen LogP contribution is 2.35. The number of morpholine rings is 1. The lowest BCUT2D eigenvalue weighted by Crippen LogP contribution is -2.45. The molecule has 3 aliphatic rings. The van der Waals surface area contributed by atoms with Crippen LogP contribution in [0.1, 0.15) is 29.5 Å². The monoisotopic (exact) mass is 578 g/mol. The second kappa shape index (κ2) is 12.3. The van der Waals surface area contributed by atoms with Crippen molar-refractivity contribution >= 4 is 46.5 Å². The molecule has 1 aromatic heterocycles. The summed E-state index contributed by atoms with van der Waals surface area (Å²) in [5.74, 6) is 2.29. The van der Waals surface area contributed by atoms with Crippen molar-refractivity contribution in [2.45, 2.75) is 31.2 Å². The first-order valence-corrected chi connectivity index (χ1v) is 14.8. The number of hydrogen-bond donors (Lipinski definition) is 2. The van der Waals surface area contributed by atoms with E-state index in [0.29, 0.717) is 30.8 Å². The second-order valence-corrected chi connectivity index (χ2v) is 11.5. The van der Waals surface area contributed by atoms with Crippen molar-refractivity contribution in [3.8, 4) is 0 Å². The van der Waals surface area contributed by atoms with Crippen LogP contribution < -0.4 is 20.4 Å². The minimum Gasteiger partial charge on any atom is -0.381 e. The van der Waals surface area contributed by atoms with E-state index in [-0.39, 0.29) is 5.41 Å². The summed E-state index contributed by atoms with van der Waals surface area (Å²) >= 11 is 12.0. The average molecular weight is 579 g/mol. The molecule has 0 aliphatic carbocycles. The number of nitrogens with zero attached hydrogens (tertiary/aromatic N) is 4. The Labute approximate surface area is 246 Å². The molecule has 0 bridgehead atoms. The van der Waals surface area contributed by atoms with Crippen molar-refractivity contribution in [2.24, 2.45) is 0 Å². The first kappa shape index (κ1) is 27.2. The number of halogens is 1. The highest BCUT2D eigenvalue weighted by molar-refractivity contribution is 7.80. The van der Waals surface area contributed by atoms with Crippen molar-refractivity contribution in [1.82, 2.24) is 15.3 Å². The molecule has 2 fully saturated rings. The van der Waals surface area contributed by atoms with E-state index in [1.54, 1.807) is 0 Å². The number of fused-ring (bicyclic) bond motifs is 1. The number of benzene rings is 2. The van der Waals surface area contributed by atoms with E-state index in [4.69, 9.17) is 43.3 Å². The van der Waals surface area contributed by atoms with Crippen molar-refractivity contribution in [2.75, 3.05) is 67.7 Å². The standard InChI is InChI=1S/C30H35ClN6O2S/c31-25-7-5-24(6-8-25)30(10-15-38-16-11-30)21-32-29(40)35-28-33-26(36-13-17-39-18-14-36)19-27(34-28)37-12-9-22-3-1-2-4-23(22)20-37/h1-8,19H,9-18,20-21H2,(H2,32,33,34,35,40). The smallest absolute Gasteiger partial charge is 0.232 e. The maximum atomic E-state index is 6.18. The molecule has 0 spiro atoms. The third-order valence-electron chi connectivity index (χ3n) is 8.21. The first-order chi connectivity index (χ1) is 19.6. The average Bonchev–Trinajstić information content (AvgIpc) is 3.01. The highest BCUT2D eigenvalue weighted by atomic mass is 35.5. The lowest BCUT2D eigenvalue weighted by Gasteiger charge is -2.38. The Kier molecular flexibility index (Phi) is 8.34. The number of ether oxygens (including phenoxy) is 2. The van der Waals surface area contributed by atoms with Crippen molar-refractivity contribution in [3.05, 3.63) is 76.3 Å².